The van der Waals surface area contributed by atoms with Gasteiger partial charge in [-0.15, -0.1) is 23.7 Å². The van der Waals surface area contributed by atoms with Crippen LogP contribution in [0.15, 0.2) is 29.6 Å². The summed E-state index contributed by atoms with van der Waals surface area (Å²) in [6.45, 7) is 1.96. The average Bonchev–Trinajstić information content (AvgIpc) is 2.97. The van der Waals surface area contributed by atoms with Crippen molar-refractivity contribution >= 4 is 23.7 Å². The van der Waals surface area contributed by atoms with Crippen LogP contribution in [0.5, 0.6) is 0 Å². The van der Waals surface area contributed by atoms with Crippen molar-refractivity contribution in [2.24, 2.45) is 0 Å². The number of nitrogens with one attached hydrogen (secondary N) is 1. The maximum atomic E-state index is 12.7. The SMILES string of the molecule is Cl.FC(F)(F)c1cccc(-c2csc(C3COCCN3)n2)c1. The van der Waals surface area contributed by atoms with Gasteiger partial charge in [0.2, 0.25) is 0 Å². The van der Waals surface area contributed by atoms with Gasteiger partial charge in [-0.1, -0.05) is 12.1 Å². The molecular formula is C14H14ClF3N2OS. The fourth-order valence-electron chi connectivity index (χ4n) is 2.16. The van der Waals surface area contributed by atoms with E-state index in [0.29, 0.717) is 24.5 Å². The van der Waals surface area contributed by atoms with Crippen molar-refractivity contribution in [1.82, 2.24) is 10.3 Å². The van der Waals surface area contributed by atoms with Crippen LogP contribution in [0.3, 0.4) is 0 Å². The molecule has 0 spiro atoms. The van der Waals surface area contributed by atoms with E-state index in [2.05, 4.69) is 10.3 Å². The van der Waals surface area contributed by atoms with Gasteiger partial charge in [0.1, 0.15) is 5.01 Å². The highest BCUT2D eigenvalue weighted by Crippen LogP contribution is 2.33. The van der Waals surface area contributed by atoms with Crippen molar-refractivity contribution in [3.8, 4) is 11.3 Å². The summed E-state index contributed by atoms with van der Waals surface area (Å²) < 4.78 is 43.6. The number of hydrogen-bond acceptors (Lipinski definition) is 4. The summed E-state index contributed by atoms with van der Waals surface area (Å²) in [5.74, 6) is 0. The molecule has 22 heavy (non-hydrogen) atoms. The molecule has 2 aromatic rings. The highest BCUT2D eigenvalue weighted by molar-refractivity contribution is 7.10. The largest absolute Gasteiger partial charge is 0.416 e. The molecule has 1 aliphatic heterocycles. The van der Waals surface area contributed by atoms with E-state index in [1.807, 2.05) is 0 Å². The van der Waals surface area contributed by atoms with E-state index in [-0.39, 0.29) is 18.4 Å². The van der Waals surface area contributed by atoms with Crippen molar-refractivity contribution in [1.29, 1.82) is 0 Å². The summed E-state index contributed by atoms with van der Waals surface area (Å²) in [6, 6.07) is 5.25. The van der Waals surface area contributed by atoms with Crippen LogP contribution >= 0.6 is 23.7 Å². The molecule has 3 nitrogen and oxygen atoms in total. The van der Waals surface area contributed by atoms with Crippen molar-refractivity contribution in [3.05, 3.63) is 40.2 Å². The number of aromatic nitrogens is 1. The zero-order valence-electron chi connectivity index (χ0n) is 11.4. The van der Waals surface area contributed by atoms with Gasteiger partial charge in [0.25, 0.3) is 0 Å². The maximum Gasteiger partial charge on any atom is 0.416 e. The molecule has 0 saturated carbocycles. The first-order valence-electron chi connectivity index (χ1n) is 6.48. The lowest BCUT2D eigenvalue weighted by Crippen LogP contribution is -2.34. The lowest BCUT2D eigenvalue weighted by atomic mass is 10.1. The number of morpholine rings is 1. The molecule has 1 atom stereocenters. The van der Waals surface area contributed by atoms with Crippen molar-refractivity contribution in [2.45, 2.75) is 12.2 Å². The third-order valence-corrected chi connectivity index (χ3v) is 4.19. The van der Waals surface area contributed by atoms with Crippen LogP contribution in [0.2, 0.25) is 0 Å². The number of thiazole rings is 1. The van der Waals surface area contributed by atoms with Gasteiger partial charge in [0.05, 0.1) is 30.5 Å². The molecule has 1 aromatic carbocycles. The zero-order chi connectivity index (χ0) is 14.9. The Morgan fingerprint density at radius 2 is 2.14 bits per heavy atom. The molecule has 1 aliphatic rings. The Balaban J connectivity index is 0.00000176. The van der Waals surface area contributed by atoms with Crippen LogP contribution in [-0.4, -0.2) is 24.7 Å². The third-order valence-electron chi connectivity index (χ3n) is 3.23. The molecule has 1 saturated heterocycles. The minimum Gasteiger partial charge on any atom is -0.378 e. The normalized spacial score (nSPS) is 18.8. The summed E-state index contributed by atoms with van der Waals surface area (Å²) >= 11 is 1.43. The summed E-state index contributed by atoms with van der Waals surface area (Å²) in [6.07, 6.45) is -4.34. The van der Waals surface area contributed by atoms with Crippen molar-refractivity contribution in [2.75, 3.05) is 19.8 Å². The summed E-state index contributed by atoms with van der Waals surface area (Å²) in [7, 11) is 0. The van der Waals surface area contributed by atoms with Gasteiger partial charge in [-0.3, -0.25) is 0 Å². The third kappa shape index (κ3) is 3.78. The van der Waals surface area contributed by atoms with E-state index in [9.17, 15) is 13.2 Å². The zero-order valence-corrected chi connectivity index (χ0v) is 13.0. The van der Waals surface area contributed by atoms with Crippen molar-refractivity contribution < 1.29 is 17.9 Å². The number of rotatable bonds is 2. The van der Waals surface area contributed by atoms with Gasteiger partial charge in [-0.05, 0) is 12.1 Å². The second-order valence-corrected chi connectivity index (χ2v) is 5.62. The predicted octanol–water partition coefficient (Wildman–Crippen LogP) is 3.91. The Morgan fingerprint density at radius 3 is 2.82 bits per heavy atom. The van der Waals surface area contributed by atoms with Crippen LogP contribution in [0.25, 0.3) is 11.3 Å². The Hall–Kier alpha value is -1.15. The van der Waals surface area contributed by atoms with E-state index in [1.54, 1.807) is 11.4 Å². The first-order valence-corrected chi connectivity index (χ1v) is 7.36. The molecule has 1 fully saturated rings. The average molecular weight is 351 g/mol. The smallest absolute Gasteiger partial charge is 0.378 e. The van der Waals surface area contributed by atoms with Crippen molar-refractivity contribution in [3.63, 3.8) is 0 Å². The van der Waals surface area contributed by atoms with Crippen LogP contribution in [0.4, 0.5) is 13.2 Å². The Morgan fingerprint density at radius 1 is 1.32 bits per heavy atom. The van der Waals surface area contributed by atoms with Gasteiger partial charge in [0.15, 0.2) is 0 Å². The number of alkyl halides is 3. The molecule has 3 rings (SSSR count). The van der Waals surface area contributed by atoms with E-state index >= 15 is 0 Å². The van der Waals surface area contributed by atoms with E-state index in [0.717, 1.165) is 23.7 Å². The lowest BCUT2D eigenvalue weighted by Gasteiger charge is -2.21. The molecule has 120 valence electrons. The summed E-state index contributed by atoms with van der Waals surface area (Å²) in [5, 5.41) is 5.89. The minimum absolute atomic E-state index is 0. The highest BCUT2D eigenvalue weighted by atomic mass is 35.5. The Kier molecular flexibility index (Phi) is 5.44. The summed E-state index contributed by atoms with van der Waals surface area (Å²) in [4.78, 5) is 4.44. The molecule has 1 unspecified atom stereocenters. The number of benzene rings is 1. The molecule has 2 heterocycles. The molecule has 0 aliphatic carbocycles. The van der Waals surface area contributed by atoms with E-state index in [1.165, 1.54) is 17.4 Å². The number of ether oxygens (including phenoxy) is 1. The quantitative estimate of drug-likeness (QED) is 0.891. The molecule has 1 N–H and O–H groups in total. The maximum absolute atomic E-state index is 12.7. The number of hydrogen-bond donors (Lipinski definition) is 1. The molecule has 8 heteroatoms. The fraction of sp³-hybridized carbons (Fsp3) is 0.357. The minimum atomic E-state index is -4.34. The van der Waals surface area contributed by atoms with Gasteiger partial charge in [-0.25, -0.2) is 4.98 Å². The highest BCUT2D eigenvalue weighted by Gasteiger charge is 2.30. The van der Waals surface area contributed by atoms with Gasteiger partial charge in [-0.2, -0.15) is 13.2 Å². The van der Waals surface area contributed by atoms with Gasteiger partial charge < -0.3 is 10.1 Å². The fourth-order valence-corrected chi connectivity index (χ4v) is 3.05. The molecular weight excluding hydrogens is 337 g/mol. The molecule has 1 aromatic heterocycles. The van der Waals surface area contributed by atoms with Crippen LogP contribution in [-0.2, 0) is 10.9 Å². The van der Waals surface area contributed by atoms with Crippen LogP contribution in [0.1, 0.15) is 16.6 Å². The Labute approximate surface area is 135 Å². The summed E-state index contributed by atoms with van der Waals surface area (Å²) in [5.41, 5.74) is 0.381. The lowest BCUT2D eigenvalue weighted by molar-refractivity contribution is -0.137. The second kappa shape index (κ2) is 6.95. The standard InChI is InChI=1S/C14H13F3N2OS.ClH/c15-14(16,17)10-3-1-2-9(6-10)12-8-21-13(19-12)11-7-20-5-4-18-11;/h1-3,6,8,11,18H,4-5,7H2;1H. The number of nitrogens with zero attached hydrogens (tertiary/aromatic N) is 1. The van der Waals surface area contributed by atoms with Crippen LogP contribution < -0.4 is 5.32 Å². The molecule has 0 bridgehead atoms. The predicted molar refractivity (Wildman–Crippen MR) is 81.4 cm³/mol. The first-order chi connectivity index (χ1) is 10.0. The van der Waals surface area contributed by atoms with Gasteiger partial charge in [0, 0.05) is 17.5 Å². The number of halogens is 4. The topological polar surface area (TPSA) is 34.1 Å². The molecule has 0 radical (unpaired) electrons. The molecule has 0 amide bonds. The monoisotopic (exact) mass is 350 g/mol. The van der Waals surface area contributed by atoms with Gasteiger partial charge >= 0.3 is 6.18 Å². The second-order valence-electron chi connectivity index (χ2n) is 4.73. The first kappa shape index (κ1) is 17.2. The van der Waals surface area contributed by atoms with E-state index < -0.39 is 11.7 Å². The van der Waals surface area contributed by atoms with E-state index in [4.69, 9.17) is 4.74 Å². The Bertz CT molecular complexity index is 627. The van der Waals surface area contributed by atoms with Crippen LogP contribution in [0, 0.1) is 0 Å².